The molecule has 2 aliphatic rings. The molecule has 2 heterocycles. The van der Waals surface area contributed by atoms with Crippen LogP contribution >= 0.6 is 0 Å². The maximum atomic E-state index is 14.6. The van der Waals surface area contributed by atoms with Crippen LogP contribution in [0.1, 0.15) is 5.56 Å². The number of rotatable bonds is 2. The molecule has 0 radical (unpaired) electrons. The molecule has 0 saturated carbocycles. The lowest BCUT2D eigenvalue weighted by atomic mass is 10.1. The van der Waals surface area contributed by atoms with Crippen molar-refractivity contribution in [1.82, 2.24) is 5.32 Å². The summed E-state index contributed by atoms with van der Waals surface area (Å²) in [6, 6.07) is 3.70. The zero-order chi connectivity index (χ0) is 14.8. The van der Waals surface area contributed by atoms with E-state index in [0.717, 1.165) is 56.2 Å². The molecule has 21 heavy (non-hydrogen) atoms. The summed E-state index contributed by atoms with van der Waals surface area (Å²) in [5.74, 6) is 1.22. The molecule has 0 spiro atoms. The van der Waals surface area contributed by atoms with Crippen molar-refractivity contribution in [2.45, 2.75) is 6.92 Å². The van der Waals surface area contributed by atoms with E-state index in [1.54, 1.807) is 6.07 Å². The Bertz CT molecular complexity index is 513. The zero-order valence-electron chi connectivity index (χ0n) is 12.4. The van der Waals surface area contributed by atoms with E-state index in [0.29, 0.717) is 11.5 Å². The first kappa shape index (κ1) is 14.8. The summed E-state index contributed by atoms with van der Waals surface area (Å²) in [6.07, 6.45) is 0. The minimum Gasteiger partial charge on any atom is -0.370 e. The zero-order valence-corrected chi connectivity index (χ0v) is 13.2. The first-order valence-corrected chi connectivity index (χ1v) is 8.99. The maximum absolute atomic E-state index is 14.6. The molecular formula is C15H22FN3OS. The van der Waals surface area contributed by atoms with Crippen LogP contribution in [0.3, 0.4) is 0 Å². The first-order valence-electron chi connectivity index (χ1n) is 7.51. The third kappa shape index (κ3) is 3.21. The summed E-state index contributed by atoms with van der Waals surface area (Å²) in [5.41, 5.74) is 2.64. The van der Waals surface area contributed by atoms with Gasteiger partial charge in [-0.3, -0.25) is 4.21 Å². The number of aryl methyl sites for hydroxylation is 1. The van der Waals surface area contributed by atoms with E-state index in [1.165, 1.54) is 0 Å². The molecular weight excluding hydrogens is 289 g/mol. The van der Waals surface area contributed by atoms with Gasteiger partial charge in [-0.2, -0.15) is 0 Å². The van der Waals surface area contributed by atoms with E-state index in [4.69, 9.17) is 0 Å². The van der Waals surface area contributed by atoms with Crippen molar-refractivity contribution < 1.29 is 8.60 Å². The first-order chi connectivity index (χ1) is 10.1. The van der Waals surface area contributed by atoms with Crippen LogP contribution in [-0.4, -0.2) is 55.0 Å². The highest BCUT2D eigenvalue weighted by Gasteiger charge is 2.21. The molecule has 4 nitrogen and oxygen atoms in total. The van der Waals surface area contributed by atoms with Gasteiger partial charge < -0.3 is 15.1 Å². The van der Waals surface area contributed by atoms with Gasteiger partial charge in [0.25, 0.3) is 0 Å². The summed E-state index contributed by atoms with van der Waals surface area (Å²) in [6.45, 7) is 6.97. The fourth-order valence-electron chi connectivity index (χ4n) is 3.09. The van der Waals surface area contributed by atoms with Crippen LogP contribution in [0.25, 0.3) is 0 Å². The van der Waals surface area contributed by atoms with Gasteiger partial charge in [-0.15, -0.1) is 0 Å². The van der Waals surface area contributed by atoms with Crippen LogP contribution in [0.15, 0.2) is 12.1 Å². The lowest BCUT2D eigenvalue weighted by Gasteiger charge is -2.33. The third-order valence-electron chi connectivity index (χ3n) is 4.21. The van der Waals surface area contributed by atoms with E-state index >= 15 is 0 Å². The van der Waals surface area contributed by atoms with Crippen molar-refractivity contribution in [2.75, 3.05) is 60.6 Å². The van der Waals surface area contributed by atoms with Crippen molar-refractivity contribution in [3.63, 3.8) is 0 Å². The summed E-state index contributed by atoms with van der Waals surface area (Å²) in [4.78, 5) is 4.26. The predicted octanol–water partition coefficient (Wildman–Crippen LogP) is 1.11. The number of piperazine rings is 1. The third-order valence-corrected chi connectivity index (χ3v) is 5.49. The number of halogens is 1. The van der Waals surface area contributed by atoms with Gasteiger partial charge in [0.1, 0.15) is 5.82 Å². The largest absolute Gasteiger partial charge is 0.370 e. The standard InChI is InChI=1S/C15H22FN3OS/c1-12-10-13(18-6-8-21(20)9-7-18)11-14(16)15(12)19-4-2-17-3-5-19/h10-11,17H,2-9H2,1H3. The fourth-order valence-corrected chi connectivity index (χ4v) is 4.14. The van der Waals surface area contributed by atoms with Crippen molar-refractivity contribution in [3.05, 3.63) is 23.5 Å². The molecule has 0 aliphatic carbocycles. The van der Waals surface area contributed by atoms with Crippen LogP contribution in [0.4, 0.5) is 15.8 Å². The molecule has 1 aromatic rings. The average molecular weight is 311 g/mol. The van der Waals surface area contributed by atoms with Crippen LogP contribution in [-0.2, 0) is 10.8 Å². The molecule has 3 rings (SSSR count). The molecule has 1 aromatic carbocycles. The second-order valence-electron chi connectivity index (χ2n) is 5.67. The Morgan fingerprint density at radius 3 is 2.38 bits per heavy atom. The van der Waals surface area contributed by atoms with Gasteiger partial charge in [0.2, 0.25) is 0 Å². The van der Waals surface area contributed by atoms with Gasteiger partial charge in [-0.05, 0) is 24.6 Å². The highest BCUT2D eigenvalue weighted by molar-refractivity contribution is 7.85. The van der Waals surface area contributed by atoms with Crippen molar-refractivity contribution in [3.8, 4) is 0 Å². The van der Waals surface area contributed by atoms with Crippen molar-refractivity contribution in [2.24, 2.45) is 0 Å². The van der Waals surface area contributed by atoms with Crippen LogP contribution in [0, 0.1) is 12.7 Å². The second kappa shape index (κ2) is 6.32. The molecule has 0 unspecified atom stereocenters. The van der Waals surface area contributed by atoms with E-state index in [1.807, 2.05) is 6.92 Å². The summed E-state index contributed by atoms with van der Waals surface area (Å²) < 4.78 is 26.0. The topological polar surface area (TPSA) is 35.6 Å². The number of benzene rings is 1. The Kier molecular flexibility index (Phi) is 4.45. The van der Waals surface area contributed by atoms with Gasteiger partial charge in [0, 0.05) is 67.3 Å². The number of hydrogen-bond donors (Lipinski definition) is 1. The summed E-state index contributed by atoms with van der Waals surface area (Å²) >= 11 is 0. The monoisotopic (exact) mass is 311 g/mol. The SMILES string of the molecule is Cc1cc(N2CCS(=O)CC2)cc(F)c1N1CCNCC1. The number of anilines is 2. The van der Waals surface area contributed by atoms with Crippen molar-refractivity contribution >= 4 is 22.2 Å². The minimum atomic E-state index is -0.704. The van der Waals surface area contributed by atoms with E-state index in [9.17, 15) is 8.60 Å². The van der Waals surface area contributed by atoms with Gasteiger partial charge >= 0.3 is 0 Å². The minimum absolute atomic E-state index is 0.140. The summed E-state index contributed by atoms with van der Waals surface area (Å²) in [5, 5.41) is 3.29. The smallest absolute Gasteiger partial charge is 0.148 e. The molecule has 0 aromatic heterocycles. The number of nitrogens with zero attached hydrogens (tertiary/aromatic N) is 2. The highest BCUT2D eigenvalue weighted by Crippen LogP contribution is 2.30. The van der Waals surface area contributed by atoms with Gasteiger partial charge in [0.05, 0.1) is 5.69 Å². The quantitative estimate of drug-likeness (QED) is 0.888. The second-order valence-corrected chi connectivity index (χ2v) is 7.36. The van der Waals surface area contributed by atoms with Crippen LogP contribution in [0.5, 0.6) is 0 Å². The highest BCUT2D eigenvalue weighted by atomic mass is 32.2. The fraction of sp³-hybridized carbons (Fsp3) is 0.600. The molecule has 2 aliphatic heterocycles. The Labute approximate surface area is 127 Å². The Balaban J connectivity index is 1.83. The molecule has 0 amide bonds. The lowest BCUT2D eigenvalue weighted by Crippen LogP contribution is -2.44. The number of hydrogen-bond acceptors (Lipinski definition) is 4. The van der Waals surface area contributed by atoms with E-state index in [2.05, 4.69) is 21.2 Å². The van der Waals surface area contributed by atoms with Crippen molar-refractivity contribution in [1.29, 1.82) is 0 Å². The lowest BCUT2D eigenvalue weighted by molar-refractivity contribution is 0.564. The average Bonchev–Trinajstić information content (AvgIpc) is 2.48. The van der Waals surface area contributed by atoms with Gasteiger partial charge in [-0.1, -0.05) is 0 Å². The van der Waals surface area contributed by atoms with Crippen LogP contribution < -0.4 is 15.1 Å². The van der Waals surface area contributed by atoms with E-state index in [-0.39, 0.29) is 5.82 Å². The maximum Gasteiger partial charge on any atom is 0.148 e. The molecule has 2 fully saturated rings. The molecule has 0 bridgehead atoms. The van der Waals surface area contributed by atoms with E-state index < -0.39 is 10.8 Å². The number of nitrogens with one attached hydrogen (secondary N) is 1. The normalized spacial score (nSPS) is 20.9. The van der Waals surface area contributed by atoms with Gasteiger partial charge in [0.15, 0.2) is 0 Å². The molecule has 1 N–H and O–H groups in total. The summed E-state index contributed by atoms with van der Waals surface area (Å²) in [7, 11) is -0.704. The Hall–Kier alpha value is -1.14. The van der Waals surface area contributed by atoms with Gasteiger partial charge in [-0.25, -0.2) is 4.39 Å². The molecule has 0 atom stereocenters. The molecule has 2 saturated heterocycles. The molecule has 6 heteroatoms. The Morgan fingerprint density at radius 1 is 1.10 bits per heavy atom. The Morgan fingerprint density at radius 2 is 1.76 bits per heavy atom. The molecule has 116 valence electrons. The predicted molar refractivity (Wildman–Crippen MR) is 86.3 cm³/mol. The van der Waals surface area contributed by atoms with Crippen LogP contribution in [0.2, 0.25) is 0 Å².